The summed E-state index contributed by atoms with van der Waals surface area (Å²) in [5.41, 5.74) is 1.70. The summed E-state index contributed by atoms with van der Waals surface area (Å²) < 4.78 is 8.29. The van der Waals surface area contributed by atoms with Crippen LogP contribution < -0.4 is 10.1 Å². The number of benzene rings is 2. The summed E-state index contributed by atoms with van der Waals surface area (Å²) in [6.07, 6.45) is 5.30. The first-order chi connectivity index (χ1) is 11.2. The summed E-state index contributed by atoms with van der Waals surface area (Å²) in [6.45, 7) is -0.0368. The number of imidazole rings is 1. The van der Waals surface area contributed by atoms with Gasteiger partial charge in [-0.15, -0.1) is 0 Å². The highest BCUT2D eigenvalue weighted by atomic mass is 79.9. The van der Waals surface area contributed by atoms with Crippen LogP contribution in [0.4, 0.5) is 5.69 Å². The molecule has 0 aliphatic rings. The van der Waals surface area contributed by atoms with E-state index in [1.54, 1.807) is 24.7 Å². The number of carbonyl (C=O) groups is 1. The topological polar surface area (TPSA) is 56.1 Å². The fourth-order valence-electron chi connectivity index (χ4n) is 2.01. The van der Waals surface area contributed by atoms with E-state index >= 15 is 0 Å². The van der Waals surface area contributed by atoms with Crippen molar-refractivity contribution in [2.75, 3.05) is 11.9 Å². The third-order valence-electron chi connectivity index (χ3n) is 3.14. The van der Waals surface area contributed by atoms with Gasteiger partial charge < -0.3 is 14.6 Å². The van der Waals surface area contributed by atoms with Gasteiger partial charge >= 0.3 is 0 Å². The third-order valence-corrected chi connectivity index (χ3v) is 3.67. The molecule has 1 amide bonds. The Hall–Kier alpha value is -2.60. The number of rotatable bonds is 5. The molecule has 0 aliphatic carbocycles. The van der Waals surface area contributed by atoms with Crippen LogP contribution in [0.5, 0.6) is 5.75 Å². The van der Waals surface area contributed by atoms with E-state index in [0.29, 0.717) is 5.75 Å². The molecule has 1 heterocycles. The van der Waals surface area contributed by atoms with Crippen LogP contribution in [0.25, 0.3) is 5.69 Å². The number of aromatic nitrogens is 2. The lowest BCUT2D eigenvalue weighted by Crippen LogP contribution is -2.20. The molecule has 1 aromatic heterocycles. The van der Waals surface area contributed by atoms with Gasteiger partial charge in [0, 0.05) is 28.2 Å². The maximum Gasteiger partial charge on any atom is 0.262 e. The van der Waals surface area contributed by atoms with Gasteiger partial charge in [-0.3, -0.25) is 4.79 Å². The Balaban J connectivity index is 1.54. The molecule has 3 aromatic rings. The van der Waals surface area contributed by atoms with Gasteiger partial charge in [-0.1, -0.05) is 15.9 Å². The smallest absolute Gasteiger partial charge is 0.262 e. The Labute approximate surface area is 142 Å². The van der Waals surface area contributed by atoms with E-state index in [1.807, 2.05) is 47.2 Å². The minimum Gasteiger partial charge on any atom is -0.484 e. The van der Waals surface area contributed by atoms with Crippen molar-refractivity contribution in [2.45, 2.75) is 0 Å². The molecule has 0 unspecified atom stereocenters. The molecule has 3 rings (SSSR count). The molecular weight excluding hydrogens is 358 g/mol. The molecule has 6 heteroatoms. The molecule has 0 spiro atoms. The second-order valence-corrected chi connectivity index (χ2v) is 5.72. The first-order valence-corrected chi connectivity index (χ1v) is 7.76. The van der Waals surface area contributed by atoms with Gasteiger partial charge in [0.05, 0.1) is 6.33 Å². The number of nitrogens with zero attached hydrogens (tertiary/aromatic N) is 2. The Morgan fingerprint density at radius 2 is 1.87 bits per heavy atom. The molecule has 116 valence electrons. The first-order valence-electron chi connectivity index (χ1n) is 6.97. The Kier molecular flexibility index (Phi) is 4.73. The molecule has 0 bridgehead atoms. The molecular formula is C17H14BrN3O2. The van der Waals surface area contributed by atoms with Crippen LogP contribution in [0.15, 0.2) is 71.7 Å². The summed E-state index contributed by atoms with van der Waals surface area (Å²) in [6, 6.07) is 14.8. The summed E-state index contributed by atoms with van der Waals surface area (Å²) in [4.78, 5) is 15.9. The molecule has 5 nitrogen and oxygen atoms in total. The molecule has 2 aromatic carbocycles. The number of ether oxygens (including phenoxy) is 1. The van der Waals surface area contributed by atoms with Crippen LogP contribution in [0.1, 0.15) is 0 Å². The number of anilines is 1. The third kappa shape index (κ3) is 4.20. The van der Waals surface area contributed by atoms with Crippen molar-refractivity contribution < 1.29 is 9.53 Å². The predicted octanol–water partition coefficient (Wildman–Crippen LogP) is 3.65. The number of carbonyl (C=O) groups excluding carboxylic acids is 1. The Bertz CT molecular complexity index is 769. The predicted molar refractivity (Wildman–Crippen MR) is 91.8 cm³/mol. The second-order valence-electron chi connectivity index (χ2n) is 4.81. The van der Waals surface area contributed by atoms with Crippen LogP contribution >= 0.6 is 15.9 Å². The number of halogens is 1. The van der Waals surface area contributed by atoms with E-state index in [9.17, 15) is 4.79 Å². The largest absolute Gasteiger partial charge is 0.484 e. The van der Waals surface area contributed by atoms with Gasteiger partial charge in [0.2, 0.25) is 0 Å². The maximum atomic E-state index is 11.9. The highest BCUT2D eigenvalue weighted by Gasteiger charge is 2.04. The highest BCUT2D eigenvalue weighted by Crippen LogP contribution is 2.16. The molecule has 0 atom stereocenters. The summed E-state index contributed by atoms with van der Waals surface area (Å²) in [7, 11) is 0. The van der Waals surface area contributed by atoms with Crippen molar-refractivity contribution in [2.24, 2.45) is 0 Å². The van der Waals surface area contributed by atoms with Gasteiger partial charge in [0.1, 0.15) is 5.75 Å². The summed E-state index contributed by atoms with van der Waals surface area (Å²) in [5, 5.41) is 2.80. The van der Waals surface area contributed by atoms with Crippen LogP contribution in [0, 0.1) is 0 Å². The molecule has 0 saturated heterocycles. The minimum absolute atomic E-state index is 0.0368. The normalized spacial score (nSPS) is 10.3. The fourth-order valence-corrected chi connectivity index (χ4v) is 2.27. The van der Waals surface area contributed by atoms with Gasteiger partial charge in [-0.05, 0) is 48.5 Å². The van der Waals surface area contributed by atoms with Gasteiger partial charge in [-0.2, -0.15) is 0 Å². The quantitative estimate of drug-likeness (QED) is 0.744. The van der Waals surface area contributed by atoms with Crippen molar-refractivity contribution in [3.05, 3.63) is 71.7 Å². The minimum atomic E-state index is -0.205. The lowest BCUT2D eigenvalue weighted by molar-refractivity contribution is -0.118. The molecule has 23 heavy (non-hydrogen) atoms. The monoisotopic (exact) mass is 371 g/mol. The van der Waals surface area contributed by atoms with Crippen molar-refractivity contribution in [1.29, 1.82) is 0 Å². The zero-order valence-electron chi connectivity index (χ0n) is 12.1. The lowest BCUT2D eigenvalue weighted by atomic mass is 10.2. The molecule has 0 radical (unpaired) electrons. The average Bonchev–Trinajstić information content (AvgIpc) is 3.09. The Morgan fingerprint density at radius 1 is 1.13 bits per heavy atom. The van der Waals surface area contributed by atoms with Crippen molar-refractivity contribution in [3.63, 3.8) is 0 Å². The fraction of sp³-hybridized carbons (Fsp3) is 0.0588. The number of hydrogen-bond acceptors (Lipinski definition) is 3. The van der Waals surface area contributed by atoms with E-state index in [1.165, 1.54) is 0 Å². The highest BCUT2D eigenvalue weighted by molar-refractivity contribution is 9.10. The summed E-state index contributed by atoms with van der Waals surface area (Å²) >= 11 is 3.35. The SMILES string of the molecule is O=C(COc1ccc(Br)cc1)Nc1ccc(-n2ccnc2)cc1. The lowest BCUT2D eigenvalue weighted by Gasteiger charge is -2.08. The molecule has 0 aliphatic heterocycles. The number of nitrogens with one attached hydrogen (secondary N) is 1. The van der Waals surface area contributed by atoms with Crippen LogP contribution in [-0.2, 0) is 4.79 Å². The van der Waals surface area contributed by atoms with Crippen LogP contribution in [-0.4, -0.2) is 22.1 Å². The number of hydrogen-bond donors (Lipinski definition) is 1. The van der Waals surface area contributed by atoms with E-state index < -0.39 is 0 Å². The molecule has 0 saturated carbocycles. The van der Waals surface area contributed by atoms with Crippen LogP contribution in [0.3, 0.4) is 0 Å². The van der Waals surface area contributed by atoms with E-state index in [4.69, 9.17) is 4.74 Å². The number of amides is 1. The van der Waals surface area contributed by atoms with Gasteiger partial charge in [-0.25, -0.2) is 4.98 Å². The zero-order chi connectivity index (χ0) is 16.1. The van der Waals surface area contributed by atoms with E-state index in [-0.39, 0.29) is 12.5 Å². The summed E-state index contributed by atoms with van der Waals surface area (Å²) in [5.74, 6) is 0.446. The van der Waals surface area contributed by atoms with Gasteiger partial charge in [0.15, 0.2) is 6.61 Å². The van der Waals surface area contributed by atoms with Gasteiger partial charge in [0.25, 0.3) is 5.91 Å². The molecule has 1 N–H and O–H groups in total. The standard InChI is InChI=1S/C17H14BrN3O2/c18-13-1-7-16(8-2-13)23-11-17(22)20-14-3-5-15(6-4-14)21-10-9-19-12-21/h1-10,12H,11H2,(H,20,22). The van der Waals surface area contributed by atoms with E-state index in [2.05, 4.69) is 26.2 Å². The van der Waals surface area contributed by atoms with Crippen molar-refractivity contribution >= 4 is 27.5 Å². The Morgan fingerprint density at radius 3 is 2.52 bits per heavy atom. The van der Waals surface area contributed by atoms with Crippen molar-refractivity contribution in [3.8, 4) is 11.4 Å². The average molecular weight is 372 g/mol. The van der Waals surface area contributed by atoms with Crippen LogP contribution in [0.2, 0.25) is 0 Å². The van der Waals surface area contributed by atoms with Crippen molar-refractivity contribution in [1.82, 2.24) is 9.55 Å². The zero-order valence-corrected chi connectivity index (χ0v) is 13.7. The first kappa shape index (κ1) is 15.3. The maximum absolute atomic E-state index is 11.9. The second kappa shape index (κ2) is 7.11. The van der Waals surface area contributed by atoms with E-state index in [0.717, 1.165) is 15.8 Å². The molecule has 0 fully saturated rings.